The Bertz CT molecular complexity index is 542. The van der Waals surface area contributed by atoms with Gasteiger partial charge in [0.05, 0.1) is 18.5 Å². The lowest BCUT2D eigenvalue weighted by Gasteiger charge is -2.34. The number of hydrogen-bond acceptors (Lipinski definition) is 5. The Labute approximate surface area is 122 Å². The zero-order valence-corrected chi connectivity index (χ0v) is 12.2. The second-order valence-corrected chi connectivity index (χ2v) is 5.17. The molecule has 1 aromatic heterocycles. The quantitative estimate of drug-likeness (QED) is 0.781. The van der Waals surface area contributed by atoms with Gasteiger partial charge >= 0.3 is 12.1 Å². The number of likely N-dealkylation sites (tertiary alicyclic amines) is 1. The van der Waals surface area contributed by atoms with Crippen LogP contribution >= 0.6 is 0 Å². The molecule has 0 saturated carbocycles. The number of aryl methyl sites for hydroxylation is 1. The van der Waals surface area contributed by atoms with Crippen molar-refractivity contribution < 1.29 is 19.4 Å². The summed E-state index contributed by atoms with van der Waals surface area (Å²) in [5.74, 6) is -0.613. The van der Waals surface area contributed by atoms with Crippen molar-refractivity contribution in [3.8, 4) is 0 Å². The molecule has 8 nitrogen and oxygen atoms in total. The molecule has 1 aliphatic heterocycles. The van der Waals surface area contributed by atoms with Crippen LogP contribution in [0.5, 0.6) is 0 Å². The van der Waals surface area contributed by atoms with Crippen LogP contribution < -0.4 is 5.73 Å². The number of carboxylic acid groups (broad SMARTS) is 1. The van der Waals surface area contributed by atoms with Gasteiger partial charge in [-0.15, -0.1) is 0 Å². The lowest BCUT2D eigenvalue weighted by atomic mass is 9.90. The van der Waals surface area contributed by atoms with E-state index in [1.165, 1.54) is 11.1 Å². The van der Waals surface area contributed by atoms with Gasteiger partial charge in [-0.2, -0.15) is 5.10 Å². The predicted molar refractivity (Wildman–Crippen MR) is 74.1 cm³/mol. The van der Waals surface area contributed by atoms with Crippen LogP contribution in [0.4, 0.5) is 4.79 Å². The lowest BCUT2D eigenvalue weighted by Crippen LogP contribution is -2.48. The Hall–Kier alpha value is -2.09. The van der Waals surface area contributed by atoms with Crippen LogP contribution in [0.1, 0.15) is 35.3 Å². The number of nitrogens with zero attached hydrogens (tertiary/aromatic N) is 3. The molecule has 1 saturated heterocycles. The number of nitrogens with two attached hydrogens (primary N) is 1. The molecular formula is C13H20N4O4. The van der Waals surface area contributed by atoms with E-state index in [1.54, 1.807) is 18.7 Å². The highest BCUT2D eigenvalue weighted by Gasteiger charge is 2.33. The summed E-state index contributed by atoms with van der Waals surface area (Å²) in [6.45, 7) is 2.61. The first kappa shape index (κ1) is 15.3. The topological polar surface area (TPSA) is 111 Å². The minimum atomic E-state index is -1.00. The van der Waals surface area contributed by atoms with Crippen LogP contribution in [0.2, 0.25) is 0 Å². The first-order valence-corrected chi connectivity index (χ1v) is 6.86. The second-order valence-electron chi connectivity index (χ2n) is 5.17. The van der Waals surface area contributed by atoms with Crippen molar-refractivity contribution in [2.24, 2.45) is 12.8 Å². The Morgan fingerprint density at radius 1 is 1.52 bits per heavy atom. The van der Waals surface area contributed by atoms with Crippen molar-refractivity contribution in [1.82, 2.24) is 14.7 Å². The van der Waals surface area contributed by atoms with Crippen molar-refractivity contribution >= 4 is 12.1 Å². The standard InChI is InChI=1S/C13H20N4O4/c1-3-21-12(18)10-5-15-16(2)11(10)8-4-9(14)7-17(6-8)13(19)20/h5,8-9H,3-4,6-7,14H2,1-2H3,(H,19,20)/t8-,9+/m1/s1. The molecule has 21 heavy (non-hydrogen) atoms. The molecule has 1 aromatic rings. The van der Waals surface area contributed by atoms with Crippen molar-refractivity contribution in [2.45, 2.75) is 25.3 Å². The zero-order chi connectivity index (χ0) is 15.6. The normalized spacial score (nSPS) is 22.1. The average Bonchev–Trinajstić information content (AvgIpc) is 2.80. The number of esters is 1. The Balaban J connectivity index is 2.30. The number of piperidine rings is 1. The van der Waals surface area contributed by atoms with Gasteiger partial charge in [-0.1, -0.05) is 0 Å². The third kappa shape index (κ3) is 3.15. The van der Waals surface area contributed by atoms with Gasteiger partial charge in [-0.05, 0) is 13.3 Å². The lowest BCUT2D eigenvalue weighted by molar-refractivity contribution is 0.0523. The number of rotatable bonds is 3. The molecule has 0 aromatic carbocycles. The maximum Gasteiger partial charge on any atom is 0.407 e. The molecule has 8 heteroatoms. The van der Waals surface area contributed by atoms with Gasteiger partial charge in [0.1, 0.15) is 5.56 Å². The first-order valence-electron chi connectivity index (χ1n) is 6.86. The van der Waals surface area contributed by atoms with E-state index in [-0.39, 0.29) is 18.6 Å². The molecule has 1 amide bonds. The van der Waals surface area contributed by atoms with Crippen LogP contribution in [0.3, 0.4) is 0 Å². The van der Waals surface area contributed by atoms with Gasteiger partial charge in [0.25, 0.3) is 0 Å². The summed E-state index contributed by atoms with van der Waals surface area (Å²) in [5.41, 5.74) is 7.00. The summed E-state index contributed by atoms with van der Waals surface area (Å²) >= 11 is 0. The Kier molecular flexibility index (Phi) is 4.46. The van der Waals surface area contributed by atoms with Gasteiger partial charge in [0.2, 0.25) is 0 Å². The molecule has 2 rings (SSSR count). The average molecular weight is 296 g/mol. The number of ether oxygens (including phenoxy) is 1. The van der Waals surface area contributed by atoms with Crippen LogP contribution in [0.15, 0.2) is 6.20 Å². The van der Waals surface area contributed by atoms with E-state index in [0.717, 1.165) is 0 Å². The largest absolute Gasteiger partial charge is 0.465 e. The fourth-order valence-corrected chi connectivity index (χ4v) is 2.79. The minimum Gasteiger partial charge on any atom is -0.465 e. The van der Waals surface area contributed by atoms with E-state index >= 15 is 0 Å². The molecule has 0 bridgehead atoms. The fraction of sp³-hybridized carbons (Fsp3) is 0.615. The Morgan fingerprint density at radius 2 is 2.24 bits per heavy atom. The van der Waals surface area contributed by atoms with Gasteiger partial charge in [-0.3, -0.25) is 4.68 Å². The van der Waals surface area contributed by atoms with Crippen molar-refractivity contribution in [3.63, 3.8) is 0 Å². The van der Waals surface area contributed by atoms with Crippen molar-refractivity contribution in [1.29, 1.82) is 0 Å². The highest BCUT2D eigenvalue weighted by atomic mass is 16.5. The number of carbonyl (C=O) groups is 2. The van der Waals surface area contributed by atoms with Crippen LogP contribution in [-0.2, 0) is 11.8 Å². The van der Waals surface area contributed by atoms with E-state index < -0.39 is 12.1 Å². The number of carbonyl (C=O) groups excluding carboxylic acids is 1. The predicted octanol–water partition coefficient (Wildman–Crippen LogP) is 0.391. The molecule has 3 N–H and O–H groups in total. The summed E-state index contributed by atoms with van der Waals surface area (Å²) in [7, 11) is 1.73. The molecule has 0 spiro atoms. The van der Waals surface area contributed by atoms with Crippen LogP contribution in [0, 0.1) is 0 Å². The summed E-state index contributed by atoms with van der Waals surface area (Å²) in [6.07, 6.45) is 1.06. The molecule has 0 radical (unpaired) electrons. The Morgan fingerprint density at radius 3 is 2.86 bits per heavy atom. The maximum absolute atomic E-state index is 12.0. The smallest absolute Gasteiger partial charge is 0.407 e. The second kappa shape index (κ2) is 6.13. The molecule has 2 heterocycles. The SMILES string of the molecule is CCOC(=O)c1cnn(C)c1[C@@H]1C[C@H](N)CN(C(=O)O)C1. The summed E-state index contributed by atoms with van der Waals surface area (Å²) in [5, 5.41) is 13.3. The van der Waals surface area contributed by atoms with E-state index in [2.05, 4.69) is 5.10 Å². The van der Waals surface area contributed by atoms with Crippen molar-refractivity contribution in [2.75, 3.05) is 19.7 Å². The van der Waals surface area contributed by atoms with Crippen LogP contribution in [-0.4, -0.2) is 57.6 Å². The summed E-state index contributed by atoms with van der Waals surface area (Å²) in [6, 6.07) is -0.259. The summed E-state index contributed by atoms with van der Waals surface area (Å²) < 4.78 is 6.61. The molecule has 1 fully saturated rings. The molecule has 2 atom stereocenters. The first-order chi connectivity index (χ1) is 9.93. The molecule has 0 unspecified atom stereocenters. The summed E-state index contributed by atoms with van der Waals surface area (Å²) in [4.78, 5) is 24.4. The molecule has 116 valence electrons. The van der Waals surface area contributed by atoms with E-state index in [9.17, 15) is 9.59 Å². The van der Waals surface area contributed by atoms with Gasteiger partial charge < -0.3 is 20.5 Å². The molecule has 1 aliphatic rings. The molecule has 0 aliphatic carbocycles. The maximum atomic E-state index is 12.0. The van der Waals surface area contributed by atoms with Crippen molar-refractivity contribution in [3.05, 3.63) is 17.5 Å². The van der Waals surface area contributed by atoms with Crippen LogP contribution in [0.25, 0.3) is 0 Å². The van der Waals surface area contributed by atoms with E-state index in [0.29, 0.717) is 30.8 Å². The van der Waals surface area contributed by atoms with Gasteiger partial charge in [0, 0.05) is 32.1 Å². The monoisotopic (exact) mass is 296 g/mol. The van der Waals surface area contributed by atoms with Gasteiger partial charge in [0.15, 0.2) is 0 Å². The number of amides is 1. The molecular weight excluding hydrogens is 276 g/mol. The zero-order valence-electron chi connectivity index (χ0n) is 12.2. The highest BCUT2D eigenvalue weighted by Crippen LogP contribution is 2.29. The minimum absolute atomic E-state index is 0.170. The van der Waals surface area contributed by atoms with E-state index in [1.807, 2.05) is 0 Å². The number of hydrogen-bond donors (Lipinski definition) is 2. The van der Waals surface area contributed by atoms with Gasteiger partial charge in [-0.25, -0.2) is 9.59 Å². The highest BCUT2D eigenvalue weighted by molar-refractivity contribution is 5.90. The fourth-order valence-electron chi connectivity index (χ4n) is 2.79. The third-order valence-electron chi connectivity index (χ3n) is 3.62. The van der Waals surface area contributed by atoms with E-state index in [4.69, 9.17) is 15.6 Å². The third-order valence-corrected chi connectivity index (χ3v) is 3.62. The number of aromatic nitrogens is 2.